The van der Waals surface area contributed by atoms with E-state index < -0.39 is 17.7 Å². The molecule has 1 saturated heterocycles. The van der Waals surface area contributed by atoms with Crippen LogP contribution < -0.4 is 18.9 Å². The highest BCUT2D eigenvalue weighted by Gasteiger charge is 2.46. The van der Waals surface area contributed by atoms with Crippen LogP contribution in [0.15, 0.2) is 72.3 Å². The van der Waals surface area contributed by atoms with Gasteiger partial charge in [0.2, 0.25) is 0 Å². The molecule has 1 atom stereocenters. The highest BCUT2D eigenvalue weighted by molar-refractivity contribution is 6.46. The molecule has 2 aliphatic rings. The number of nitrogens with zero attached hydrogens (tertiary/aromatic N) is 1. The molecule has 196 valence electrons. The molecule has 38 heavy (non-hydrogen) atoms. The minimum absolute atomic E-state index is 0.00535. The number of fused-ring (bicyclic) bond motifs is 1. The molecule has 3 aromatic carbocycles. The van der Waals surface area contributed by atoms with Crippen LogP contribution in [-0.4, -0.2) is 48.1 Å². The smallest absolute Gasteiger partial charge is 0.295 e. The summed E-state index contributed by atoms with van der Waals surface area (Å²) in [4.78, 5) is 28.3. The standard InChI is InChI=1S/C30H29NO7/c1-3-35-22-12-10-20(16-24(22)36-4-2)27-26(28(32)21-11-13-23-25(17-21)38-15-14-37-23)29(33)30(34)31(27)18-19-8-6-5-7-9-19/h5-13,16-17,27,32H,3-4,14-15,18H2,1-2H3/b28-26-. The van der Waals surface area contributed by atoms with Crippen LogP contribution in [0.4, 0.5) is 0 Å². The molecule has 8 heteroatoms. The van der Waals surface area contributed by atoms with E-state index >= 15 is 0 Å². The lowest BCUT2D eigenvalue weighted by atomic mass is 9.94. The van der Waals surface area contributed by atoms with E-state index in [2.05, 4.69) is 0 Å². The maximum absolute atomic E-state index is 13.5. The first-order valence-electron chi connectivity index (χ1n) is 12.6. The topological polar surface area (TPSA) is 94.5 Å². The van der Waals surface area contributed by atoms with Gasteiger partial charge in [-0.15, -0.1) is 0 Å². The van der Waals surface area contributed by atoms with E-state index in [0.717, 1.165) is 5.56 Å². The molecule has 5 rings (SSSR count). The van der Waals surface area contributed by atoms with Crippen molar-refractivity contribution in [3.63, 3.8) is 0 Å². The highest BCUT2D eigenvalue weighted by atomic mass is 16.6. The Morgan fingerprint density at radius 1 is 0.895 bits per heavy atom. The zero-order valence-corrected chi connectivity index (χ0v) is 21.3. The summed E-state index contributed by atoms with van der Waals surface area (Å²) in [7, 11) is 0. The van der Waals surface area contributed by atoms with Gasteiger partial charge in [-0.1, -0.05) is 36.4 Å². The van der Waals surface area contributed by atoms with Crippen molar-refractivity contribution in [1.29, 1.82) is 0 Å². The zero-order chi connectivity index (χ0) is 26.6. The molecular weight excluding hydrogens is 486 g/mol. The van der Waals surface area contributed by atoms with Crippen LogP contribution in [0, 0.1) is 0 Å². The van der Waals surface area contributed by atoms with Crippen LogP contribution >= 0.6 is 0 Å². The van der Waals surface area contributed by atoms with Crippen LogP contribution in [0.1, 0.15) is 36.6 Å². The Balaban J connectivity index is 1.65. The lowest BCUT2D eigenvalue weighted by Crippen LogP contribution is -2.29. The first-order chi connectivity index (χ1) is 18.5. The third-order valence-electron chi connectivity index (χ3n) is 6.43. The van der Waals surface area contributed by atoms with Gasteiger partial charge in [0.05, 0.1) is 24.8 Å². The number of ether oxygens (including phenoxy) is 4. The number of ketones is 1. The summed E-state index contributed by atoms with van der Waals surface area (Å²) in [5.41, 5.74) is 1.82. The van der Waals surface area contributed by atoms with E-state index in [4.69, 9.17) is 18.9 Å². The summed E-state index contributed by atoms with van der Waals surface area (Å²) >= 11 is 0. The molecule has 0 saturated carbocycles. The second-order valence-electron chi connectivity index (χ2n) is 8.84. The molecule has 0 bridgehead atoms. The third-order valence-corrected chi connectivity index (χ3v) is 6.43. The number of hydrogen-bond acceptors (Lipinski definition) is 7. The van der Waals surface area contributed by atoms with Crippen LogP contribution in [0.2, 0.25) is 0 Å². The number of rotatable bonds is 8. The number of aliphatic hydroxyl groups is 1. The van der Waals surface area contributed by atoms with Crippen molar-refractivity contribution in [2.45, 2.75) is 26.4 Å². The van der Waals surface area contributed by atoms with E-state index in [1.807, 2.05) is 44.2 Å². The molecule has 1 unspecified atom stereocenters. The maximum atomic E-state index is 13.5. The summed E-state index contributed by atoms with van der Waals surface area (Å²) in [6, 6.07) is 18.8. The fourth-order valence-electron chi connectivity index (χ4n) is 4.75. The quantitative estimate of drug-likeness (QED) is 0.260. The second kappa shape index (κ2) is 10.9. The Morgan fingerprint density at radius 2 is 1.61 bits per heavy atom. The van der Waals surface area contributed by atoms with Gasteiger partial charge < -0.3 is 29.0 Å². The van der Waals surface area contributed by atoms with Gasteiger partial charge in [0.25, 0.3) is 11.7 Å². The van der Waals surface area contributed by atoms with Gasteiger partial charge in [0.1, 0.15) is 19.0 Å². The van der Waals surface area contributed by atoms with Crippen molar-refractivity contribution in [2.24, 2.45) is 0 Å². The minimum Gasteiger partial charge on any atom is -0.507 e. The van der Waals surface area contributed by atoms with Gasteiger partial charge in [-0.25, -0.2) is 0 Å². The summed E-state index contributed by atoms with van der Waals surface area (Å²) in [5, 5.41) is 11.5. The molecule has 1 N–H and O–H groups in total. The Morgan fingerprint density at radius 3 is 2.34 bits per heavy atom. The Labute approximate surface area is 221 Å². The Bertz CT molecular complexity index is 1380. The predicted molar refractivity (Wildman–Crippen MR) is 141 cm³/mol. The molecule has 8 nitrogen and oxygen atoms in total. The number of aliphatic hydroxyl groups excluding tert-OH is 1. The van der Waals surface area contributed by atoms with Crippen LogP contribution in [-0.2, 0) is 16.1 Å². The van der Waals surface area contributed by atoms with Crippen molar-refractivity contribution < 1.29 is 33.6 Å². The van der Waals surface area contributed by atoms with E-state index in [9.17, 15) is 14.7 Å². The number of carbonyl (C=O) groups is 2. The lowest BCUT2D eigenvalue weighted by molar-refractivity contribution is -0.140. The molecule has 2 aliphatic heterocycles. The molecule has 0 spiro atoms. The fraction of sp³-hybridized carbons (Fsp3) is 0.267. The monoisotopic (exact) mass is 515 g/mol. The summed E-state index contributed by atoms with van der Waals surface area (Å²) < 4.78 is 22.8. The van der Waals surface area contributed by atoms with Gasteiger partial charge in [-0.3, -0.25) is 9.59 Å². The third kappa shape index (κ3) is 4.77. The predicted octanol–water partition coefficient (Wildman–Crippen LogP) is 4.88. The number of amides is 1. The number of benzene rings is 3. The molecule has 0 radical (unpaired) electrons. The number of carbonyl (C=O) groups excluding carboxylic acids is 2. The molecule has 3 aromatic rings. The van der Waals surface area contributed by atoms with E-state index in [1.54, 1.807) is 36.4 Å². The normalized spacial score (nSPS) is 17.9. The van der Waals surface area contributed by atoms with Crippen molar-refractivity contribution >= 4 is 17.4 Å². The molecule has 2 heterocycles. The lowest BCUT2D eigenvalue weighted by Gasteiger charge is -2.26. The zero-order valence-electron chi connectivity index (χ0n) is 21.3. The molecule has 0 aromatic heterocycles. The largest absolute Gasteiger partial charge is 0.507 e. The van der Waals surface area contributed by atoms with E-state index in [1.165, 1.54) is 4.90 Å². The Kier molecular flexibility index (Phi) is 7.22. The van der Waals surface area contributed by atoms with Gasteiger partial charge >= 0.3 is 0 Å². The highest BCUT2D eigenvalue weighted by Crippen LogP contribution is 2.43. The maximum Gasteiger partial charge on any atom is 0.295 e. The van der Waals surface area contributed by atoms with Crippen LogP contribution in [0.3, 0.4) is 0 Å². The molecule has 0 aliphatic carbocycles. The summed E-state index contributed by atoms with van der Waals surface area (Å²) in [6.07, 6.45) is 0. The van der Waals surface area contributed by atoms with Crippen LogP contribution in [0.25, 0.3) is 5.76 Å². The second-order valence-corrected chi connectivity index (χ2v) is 8.84. The van der Waals surface area contributed by atoms with Gasteiger partial charge in [0.15, 0.2) is 23.0 Å². The Hall–Kier alpha value is -4.46. The van der Waals surface area contributed by atoms with E-state index in [-0.39, 0.29) is 17.9 Å². The number of hydrogen-bond donors (Lipinski definition) is 1. The fourth-order valence-corrected chi connectivity index (χ4v) is 4.75. The number of likely N-dealkylation sites (tertiary alicyclic amines) is 1. The van der Waals surface area contributed by atoms with Gasteiger partial charge in [0, 0.05) is 12.1 Å². The first-order valence-corrected chi connectivity index (χ1v) is 12.6. The van der Waals surface area contributed by atoms with Gasteiger partial charge in [-0.2, -0.15) is 0 Å². The molecule has 1 amide bonds. The molecule has 1 fully saturated rings. The SMILES string of the molecule is CCOc1ccc(C2/C(=C(/O)c3ccc4c(c3)OCCO4)C(=O)C(=O)N2Cc2ccccc2)cc1OCC. The average molecular weight is 516 g/mol. The average Bonchev–Trinajstić information content (AvgIpc) is 3.19. The minimum atomic E-state index is -0.849. The van der Waals surface area contributed by atoms with Crippen molar-refractivity contribution in [2.75, 3.05) is 26.4 Å². The van der Waals surface area contributed by atoms with Crippen molar-refractivity contribution in [3.05, 3.63) is 89.0 Å². The summed E-state index contributed by atoms with van der Waals surface area (Å²) in [5.74, 6) is 0.348. The van der Waals surface area contributed by atoms with E-state index in [0.29, 0.717) is 60.6 Å². The number of Topliss-reactive ketones (excluding diaryl/α,β-unsaturated/α-hetero) is 1. The first kappa shape index (κ1) is 25.2. The molecular formula is C30H29NO7. The van der Waals surface area contributed by atoms with Crippen LogP contribution in [0.5, 0.6) is 23.0 Å². The van der Waals surface area contributed by atoms with Gasteiger partial charge in [-0.05, 0) is 55.3 Å². The summed E-state index contributed by atoms with van der Waals surface area (Å²) in [6.45, 7) is 5.61. The van der Waals surface area contributed by atoms with Crippen molar-refractivity contribution in [3.8, 4) is 23.0 Å². The van der Waals surface area contributed by atoms with Crippen molar-refractivity contribution in [1.82, 2.24) is 4.90 Å².